The zero-order valence-electron chi connectivity index (χ0n) is 18.7. The first-order valence-corrected chi connectivity index (χ1v) is 11.3. The number of hydrogen-bond acceptors (Lipinski definition) is 4. The predicted molar refractivity (Wildman–Crippen MR) is 137 cm³/mol. The molecule has 3 aromatic carbocycles. The lowest BCUT2D eigenvalue weighted by atomic mass is 9.97. The van der Waals surface area contributed by atoms with Gasteiger partial charge in [0.1, 0.15) is 5.75 Å². The van der Waals surface area contributed by atoms with Crippen molar-refractivity contribution in [3.8, 4) is 28.1 Å². The van der Waals surface area contributed by atoms with E-state index >= 15 is 0 Å². The van der Waals surface area contributed by atoms with Crippen LogP contribution in [-0.2, 0) is 13.0 Å². The Morgan fingerprint density at radius 2 is 1.56 bits per heavy atom. The predicted octanol–water partition coefficient (Wildman–Crippen LogP) is 5.30. The summed E-state index contributed by atoms with van der Waals surface area (Å²) < 4.78 is 0. The van der Waals surface area contributed by atoms with Crippen LogP contribution in [0.25, 0.3) is 33.3 Å². The molecule has 168 valence electrons. The molecule has 5 rings (SSSR count). The number of benzene rings is 3. The van der Waals surface area contributed by atoms with E-state index in [-0.39, 0.29) is 5.56 Å². The molecule has 0 atom stereocenters. The lowest BCUT2D eigenvalue weighted by Gasteiger charge is -2.12. The summed E-state index contributed by atoms with van der Waals surface area (Å²) in [5.41, 5.74) is 6.74. The van der Waals surface area contributed by atoms with Crippen molar-refractivity contribution < 1.29 is 5.11 Å². The quantitative estimate of drug-likeness (QED) is 0.296. The van der Waals surface area contributed by atoms with Gasteiger partial charge in [-0.05, 0) is 53.9 Å². The first kappa shape index (κ1) is 21.6. The number of nitrogens with zero attached hydrogens (tertiary/aromatic N) is 1. The molecule has 0 aliphatic rings. The van der Waals surface area contributed by atoms with Crippen LogP contribution in [-0.4, -0.2) is 21.6 Å². The Kier molecular flexibility index (Phi) is 6.19. The van der Waals surface area contributed by atoms with Crippen LogP contribution in [0.2, 0.25) is 0 Å². The van der Waals surface area contributed by atoms with Gasteiger partial charge in [-0.1, -0.05) is 66.7 Å². The normalized spacial score (nSPS) is 11.1. The Morgan fingerprint density at radius 3 is 2.32 bits per heavy atom. The molecule has 0 bridgehead atoms. The Hall–Kier alpha value is -4.22. The molecule has 34 heavy (non-hydrogen) atoms. The van der Waals surface area contributed by atoms with Gasteiger partial charge < -0.3 is 15.4 Å². The summed E-state index contributed by atoms with van der Waals surface area (Å²) in [5.74, 6) is 0.292. The molecule has 5 heteroatoms. The van der Waals surface area contributed by atoms with E-state index in [1.165, 1.54) is 11.1 Å². The van der Waals surface area contributed by atoms with Gasteiger partial charge in [-0.3, -0.25) is 4.79 Å². The Labute approximate surface area is 197 Å². The van der Waals surface area contributed by atoms with Crippen LogP contribution in [0.3, 0.4) is 0 Å². The van der Waals surface area contributed by atoms with Crippen molar-refractivity contribution in [2.24, 2.45) is 0 Å². The number of nitrogens with one attached hydrogen (secondary N) is 2. The number of phenols is 1. The molecule has 0 unspecified atom stereocenters. The van der Waals surface area contributed by atoms with Gasteiger partial charge in [-0.25, -0.2) is 4.98 Å². The Bertz CT molecular complexity index is 1460. The SMILES string of the molecule is O=c1[nH]ccc2nc(-c3ccc(CNCCc4ccc(O)cc4)cc3)c(-c3ccccc3)cc12. The van der Waals surface area contributed by atoms with Crippen molar-refractivity contribution in [3.63, 3.8) is 0 Å². The number of hydrogen-bond donors (Lipinski definition) is 3. The second kappa shape index (κ2) is 9.73. The molecule has 0 aliphatic heterocycles. The van der Waals surface area contributed by atoms with Crippen molar-refractivity contribution in [2.45, 2.75) is 13.0 Å². The third-order valence-corrected chi connectivity index (χ3v) is 5.92. The third kappa shape index (κ3) is 4.75. The molecule has 0 amide bonds. The largest absolute Gasteiger partial charge is 0.508 e. The number of rotatable bonds is 7. The second-order valence-corrected chi connectivity index (χ2v) is 8.28. The Balaban J connectivity index is 1.37. The van der Waals surface area contributed by atoms with Gasteiger partial charge in [0.05, 0.1) is 16.6 Å². The summed E-state index contributed by atoms with van der Waals surface area (Å²) in [6.07, 6.45) is 2.54. The highest BCUT2D eigenvalue weighted by Gasteiger charge is 2.13. The van der Waals surface area contributed by atoms with Gasteiger partial charge >= 0.3 is 0 Å². The lowest BCUT2D eigenvalue weighted by Crippen LogP contribution is -2.16. The minimum absolute atomic E-state index is 0.137. The van der Waals surface area contributed by atoms with Crippen LogP contribution in [0.15, 0.2) is 102 Å². The van der Waals surface area contributed by atoms with Crippen molar-refractivity contribution in [1.29, 1.82) is 0 Å². The molecule has 5 aromatic rings. The minimum atomic E-state index is -0.137. The molecule has 5 nitrogen and oxygen atoms in total. The van der Waals surface area contributed by atoms with E-state index in [0.29, 0.717) is 16.7 Å². The number of H-pyrrole nitrogens is 1. The molecular formula is C29H25N3O2. The highest BCUT2D eigenvalue weighted by atomic mass is 16.3. The second-order valence-electron chi connectivity index (χ2n) is 8.28. The maximum atomic E-state index is 12.4. The summed E-state index contributed by atoms with van der Waals surface area (Å²) in [6, 6.07) is 29.5. The van der Waals surface area contributed by atoms with E-state index in [9.17, 15) is 9.90 Å². The van der Waals surface area contributed by atoms with Gasteiger partial charge in [0.2, 0.25) is 0 Å². The molecule has 2 heterocycles. The van der Waals surface area contributed by atoms with Crippen molar-refractivity contribution in [1.82, 2.24) is 15.3 Å². The molecule has 3 N–H and O–H groups in total. The molecule has 0 spiro atoms. The van der Waals surface area contributed by atoms with Gasteiger partial charge in [-0.2, -0.15) is 0 Å². The summed E-state index contributed by atoms with van der Waals surface area (Å²) in [4.78, 5) is 20.0. The number of aromatic amines is 1. The fraction of sp³-hybridized carbons (Fsp3) is 0.103. The summed E-state index contributed by atoms with van der Waals surface area (Å²) in [6.45, 7) is 1.62. The number of fused-ring (bicyclic) bond motifs is 1. The number of pyridine rings is 2. The van der Waals surface area contributed by atoms with Crippen molar-refractivity contribution in [3.05, 3.63) is 119 Å². The topological polar surface area (TPSA) is 78.0 Å². The summed E-state index contributed by atoms with van der Waals surface area (Å²) in [7, 11) is 0. The van der Waals surface area contributed by atoms with Crippen molar-refractivity contribution >= 4 is 10.9 Å². The van der Waals surface area contributed by atoms with Gasteiger partial charge in [0, 0.05) is 23.9 Å². The van der Waals surface area contributed by atoms with E-state index in [4.69, 9.17) is 4.98 Å². The first-order valence-electron chi connectivity index (χ1n) is 11.3. The fourth-order valence-corrected chi connectivity index (χ4v) is 4.08. The van der Waals surface area contributed by atoms with Crippen LogP contribution in [0.5, 0.6) is 5.75 Å². The van der Waals surface area contributed by atoms with E-state index in [2.05, 4.69) is 34.6 Å². The maximum Gasteiger partial charge on any atom is 0.257 e. The van der Waals surface area contributed by atoms with Gasteiger partial charge in [0.15, 0.2) is 0 Å². The summed E-state index contributed by atoms with van der Waals surface area (Å²) in [5, 5.41) is 13.5. The molecule has 2 aromatic heterocycles. The highest BCUT2D eigenvalue weighted by molar-refractivity contribution is 5.91. The van der Waals surface area contributed by atoms with Crippen molar-refractivity contribution in [2.75, 3.05) is 6.54 Å². The average Bonchev–Trinajstić information content (AvgIpc) is 2.88. The zero-order chi connectivity index (χ0) is 23.3. The minimum Gasteiger partial charge on any atom is -0.508 e. The van der Waals surface area contributed by atoms with E-state index in [1.807, 2.05) is 54.6 Å². The molecule has 0 saturated heterocycles. The van der Waals surface area contributed by atoms with E-state index in [1.54, 1.807) is 18.3 Å². The van der Waals surface area contributed by atoms with Crippen LogP contribution >= 0.6 is 0 Å². The average molecular weight is 448 g/mol. The van der Waals surface area contributed by atoms with Crippen LogP contribution in [0, 0.1) is 0 Å². The summed E-state index contributed by atoms with van der Waals surface area (Å²) >= 11 is 0. The van der Waals surface area contributed by atoms with Crippen LogP contribution in [0.1, 0.15) is 11.1 Å². The van der Waals surface area contributed by atoms with Crippen LogP contribution < -0.4 is 10.9 Å². The number of aromatic hydroxyl groups is 1. The smallest absolute Gasteiger partial charge is 0.257 e. The first-order chi connectivity index (χ1) is 16.7. The third-order valence-electron chi connectivity index (χ3n) is 5.92. The highest BCUT2D eigenvalue weighted by Crippen LogP contribution is 2.32. The molecule has 0 fully saturated rings. The van der Waals surface area contributed by atoms with Crippen LogP contribution in [0.4, 0.5) is 0 Å². The van der Waals surface area contributed by atoms with Gasteiger partial charge in [-0.15, -0.1) is 0 Å². The molecule has 0 radical (unpaired) electrons. The molecule has 0 saturated carbocycles. The number of aromatic nitrogens is 2. The zero-order valence-corrected chi connectivity index (χ0v) is 18.7. The fourth-order valence-electron chi connectivity index (χ4n) is 4.08. The maximum absolute atomic E-state index is 12.4. The van der Waals surface area contributed by atoms with Gasteiger partial charge in [0.25, 0.3) is 5.56 Å². The van der Waals surface area contributed by atoms with E-state index in [0.717, 1.165) is 41.9 Å². The lowest BCUT2D eigenvalue weighted by molar-refractivity contribution is 0.475. The number of phenolic OH excluding ortho intramolecular Hbond substituents is 1. The molecular weight excluding hydrogens is 422 g/mol. The standard InChI is InChI=1S/C29H25N3O2/c33-24-12-8-20(9-13-24)14-16-30-19-21-6-10-23(11-7-21)28-25(22-4-2-1-3-5-22)18-26-27(32-28)15-17-31-29(26)34/h1-13,15,17-18,30,33H,14,16,19H2,(H,31,34). The van der Waals surface area contributed by atoms with E-state index < -0.39 is 0 Å². The molecule has 0 aliphatic carbocycles. The monoisotopic (exact) mass is 447 g/mol. The Morgan fingerprint density at radius 1 is 0.824 bits per heavy atom.